The first-order chi connectivity index (χ1) is 9.78. The van der Waals surface area contributed by atoms with Crippen LogP contribution in [0.15, 0.2) is 18.5 Å². The molecule has 2 N–H and O–H groups in total. The van der Waals surface area contributed by atoms with Gasteiger partial charge in [-0.2, -0.15) is 10.3 Å². The minimum atomic E-state index is -0.927. The Balaban J connectivity index is 3.00. The van der Waals surface area contributed by atoms with Crippen LogP contribution in [0, 0.1) is 11.3 Å². The number of pyridine rings is 1. The Kier molecular flexibility index (Phi) is 5.64. The Hall–Kier alpha value is -2.17. The Morgan fingerprint density at radius 3 is 2.71 bits per heavy atom. The fraction of sp³-hybridized carbons (Fsp3) is 0.500. The maximum atomic E-state index is 11.9. The van der Waals surface area contributed by atoms with Gasteiger partial charge in [0, 0.05) is 19.0 Å². The van der Waals surface area contributed by atoms with Gasteiger partial charge in [-0.3, -0.25) is 10.2 Å². The summed E-state index contributed by atoms with van der Waals surface area (Å²) < 4.78 is 5.07. The molecule has 0 aliphatic rings. The Labute approximate surface area is 123 Å². The predicted octanol–water partition coefficient (Wildman–Crippen LogP) is 2.00. The van der Waals surface area contributed by atoms with Crippen molar-refractivity contribution in [2.75, 3.05) is 6.61 Å². The molecule has 0 saturated carbocycles. The molecule has 0 fully saturated rings. The van der Waals surface area contributed by atoms with Gasteiger partial charge in [0.25, 0.3) is 0 Å². The summed E-state index contributed by atoms with van der Waals surface area (Å²) in [5, 5.41) is 28.4. The van der Waals surface area contributed by atoms with E-state index in [2.05, 4.69) is 4.98 Å². The van der Waals surface area contributed by atoms with Crippen LogP contribution in [0.4, 0.5) is 4.79 Å². The van der Waals surface area contributed by atoms with E-state index in [4.69, 9.17) is 15.1 Å². The molecule has 21 heavy (non-hydrogen) atoms. The van der Waals surface area contributed by atoms with Crippen molar-refractivity contribution in [3.8, 4) is 6.07 Å². The third-order valence-electron chi connectivity index (χ3n) is 2.55. The molecule has 1 rings (SSSR count). The Morgan fingerprint density at radius 2 is 2.19 bits per heavy atom. The van der Waals surface area contributed by atoms with E-state index < -0.39 is 17.7 Å². The van der Waals surface area contributed by atoms with Crippen molar-refractivity contribution in [2.45, 2.75) is 38.8 Å². The number of aliphatic hydroxyl groups excluding tert-OH is 1. The van der Waals surface area contributed by atoms with E-state index in [1.54, 1.807) is 20.8 Å². The average Bonchev–Trinajstić information content (AvgIpc) is 2.42. The molecule has 1 unspecified atom stereocenters. The smallest absolute Gasteiger partial charge is 0.434 e. The zero-order valence-corrected chi connectivity index (χ0v) is 12.3. The van der Waals surface area contributed by atoms with Gasteiger partial charge in [0.15, 0.2) is 0 Å². The number of rotatable bonds is 4. The van der Waals surface area contributed by atoms with Crippen molar-refractivity contribution in [1.82, 2.24) is 10.0 Å². The molecule has 7 nitrogen and oxygen atoms in total. The molecule has 0 saturated heterocycles. The molecule has 1 aromatic heterocycles. The number of amides is 1. The number of hydroxylamine groups is 2. The predicted molar refractivity (Wildman–Crippen MR) is 73.3 cm³/mol. The van der Waals surface area contributed by atoms with Crippen molar-refractivity contribution in [1.29, 1.82) is 5.26 Å². The molecule has 0 aliphatic heterocycles. The van der Waals surface area contributed by atoms with Crippen LogP contribution < -0.4 is 0 Å². The number of aromatic nitrogens is 1. The molecule has 1 heterocycles. The number of nitriles is 1. The van der Waals surface area contributed by atoms with Crippen LogP contribution in [0.3, 0.4) is 0 Å². The van der Waals surface area contributed by atoms with Crippen molar-refractivity contribution in [3.63, 3.8) is 0 Å². The van der Waals surface area contributed by atoms with Gasteiger partial charge in [0.2, 0.25) is 0 Å². The summed E-state index contributed by atoms with van der Waals surface area (Å²) in [5.41, 5.74) is -0.0151. The van der Waals surface area contributed by atoms with Gasteiger partial charge >= 0.3 is 6.09 Å². The van der Waals surface area contributed by atoms with E-state index in [0.29, 0.717) is 16.2 Å². The van der Waals surface area contributed by atoms with E-state index in [0.717, 1.165) is 0 Å². The van der Waals surface area contributed by atoms with Crippen LogP contribution in [0.1, 0.15) is 44.4 Å². The molecular formula is C14H19N3O4. The van der Waals surface area contributed by atoms with Gasteiger partial charge in [-0.15, -0.1) is 0 Å². The summed E-state index contributed by atoms with van der Waals surface area (Å²) in [4.78, 5) is 15.8. The highest BCUT2D eigenvalue weighted by Crippen LogP contribution is 2.24. The lowest BCUT2D eigenvalue weighted by atomic mass is 10.0. The summed E-state index contributed by atoms with van der Waals surface area (Å²) in [6.07, 6.45) is 1.96. The maximum absolute atomic E-state index is 11.9. The molecule has 1 amide bonds. The number of carbonyl (C=O) groups excluding carboxylic acids is 1. The molecule has 0 aromatic carbocycles. The van der Waals surface area contributed by atoms with Gasteiger partial charge in [-0.1, -0.05) is 0 Å². The molecule has 7 heteroatoms. The third-order valence-corrected chi connectivity index (χ3v) is 2.55. The highest BCUT2D eigenvalue weighted by molar-refractivity contribution is 5.67. The van der Waals surface area contributed by atoms with Crippen LogP contribution in [-0.4, -0.2) is 38.7 Å². The minimum Gasteiger partial charge on any atom is -0.442 e. The van der Waals surface area contributed by atoms with E-state index in [9.17, 15) is 10.0 Å². The fourth-order valence-corrected chi connectivity index (χ4v) is 1.69. The number of nitrogens with zero attached hydrogens (tertiary/aromatic N) is 3. The molecule has 0 radical (unpaired) electrons. The van der Waals surface area contributed by atoms with Crippen molar-refractivity contribution >= 4 is 6.09 Å². The average molecular weight is 293 g/mol. The highest BCUT2D eigenvalue weighted by Gasteiger charge is 2.28. The summed E-state index contributed by atoms with van der Waals surface area (Å²) in [5.74, 6) is 0. The quantitative estimate of drug-likeness (QED) is 0.649. The number of aliphatic hydroxyl groups is 1. The zero-order chi connectivity index (χ0) is 16.0. The van der Waals surface area contributed by atoms with E-state index in [1.807, 2.05) is 6.07 Å². The molecule has 1 aromatic rings. The number of ether oxygens (including phenoxy) is 1. The lowest BCUT2D eigenvalue weighted by Gasteiger charge is -2.28. The minimum absolute atomic E-state index is 0.0896. The summed E-state index contributed by atoms with van der Waals surface area (Å²) in [7, 11) is 0. The van der Waals surface area contributed by atoms with Crippen molar-refractivity contribution in [3.05, 3.63) is 29.6 Å². The standard InChI is InChI=1S/C14H19N3O4/c1-14(2,3)21-13(19)17(20)12(4-5-18)11-6-10(7-15)8-16-9-11/h6,8-9,12,18,20H,4-5H2,1-3H3. The normalized spacial score (nSPS) is 12.4. The molecule has 0 aliphatic carbocycles. The van der Waals surface area contributed by atoms with Gasteiger partial charge in [0.05, 0.1) is 11.6 Å². The largest absolute Gasteiger partial charge is 0.442 e. The van der Waals surface area contributed by atoms with Crippen LogP contribution in [0.2, 0.25) is 0 Å². The number of hydrogen-bond donors (Lipinski definition) is 2. The number of carbonyl (C=O) groups is 1. The molecular weight excluding hydrogens is 274 g/mol. The maximum Gasteiger partial charge on any atom is 0.434 e. The first kappa shape index (κ1) is 16.9. The van der Waals surface area contributed by atoms with Gasteiger partial charge in [-0.25, -0.2) is 4.79 Å². The summed E-state index contributed by atoms with van der Waals surface area (Å²) in [6.45, 7) is 4.79. The van der Waals surface area contributed by atoms with Crippen molar-refractivity contribution in [2.24, 2.45) is 0 Å². The second-order valence-electron chi connectivity index (χ2n) is 5.47. The first-order valence-corrected chi connectivity index (χ1v) is 6.45. The molecule has 114 valence electrons. The van der Waals surface area contributed by atoms with Gasteiger partial charge < -0.3 is 9.84 Å². The van der Waals surface area contributed by atoms with Crippen LogP contribution >= 0.6 is 0 Å². The zero-order valence-electron chi connectivity index (χ0n) is 12.3. The van der Waals surface area contributed by atoms with E-state index >= 15 is 0 Å². The fourth-order valence-electron chi connectivity index (χ4n) is 1.69. The molecule has 1 atom stereocenters. The van der Waals surface area contributed by atoms with Crippen LogP contribution in [0.5, 0.6) is 0 Å². The second kappa shape index (κ2) is 7.02. The molecule has 0 spiro atoms. The van der Waals surface area contributed by atoms with Gasteiger partial charge in [-0.05, 0) is 38.8 Å². The Bertz CT molecular complexity index is 534. The van der Waals surface area contributed by atoms with Gasteiger partial charge in [0.1, 0.15) is 11.7 Å². The second-order valence-corrected chi connectivity index (χ2v) is 5.47. The monoisotopic (exact) mass is 293 g/mol. The van der Waals surface area contributed by atoms with E-state index in [-0.39, 0.29) is 13.0 Å². The lowest BCUT2D eigenvalue weighted by Crippen LogP contribution is -2.37. The highest BCUT2D eigenvalue weighted by atomic mass is 16.6. The Morgan fingerprint density at radius 1 is 1.52 bits per heavy atom. The third kappa shape index (κ3) is 5.02. The SMILES string of the molecule is CC(C)(C)OC(=O)N(O)C(CCO)c1cncc(C#N)c1. The van der Waals surface area contributed by atoms with Crippen LogP contribution in [-0.2, 0) is 4.74 Å². The van der Waals surface area contributed by atoms with Crippen molar-refractivity contribution < 1.29 is 19.8 Å². The first-order valence-electron chi connectivity index (χ1n) is 6.45. The topological polar surface area (TPSA) is 107 Å². The molecule has 0 bridgehead atoms. The summed E-state index contributed by atoms with van der Waals surface area (Å²) in [6, 6.07) is 2.59. The lowest BCUT2D eigenvalue weighted by molar-refractivity contribution is -0.125. The van der Waals surface area contributed by atoms with E-state index in [1.165, 1.54) is 18.5 Å². The summed E-state index contributed by atoms with van der Waals surface area (Å²) >= 11 is 0. The van der Waals surface area contributed by atoms with Crippen LogP contribution in [0.25, 0.3) is 0 Å². The number of hydrogen-bond acceptors (Lipinski definition) is 6.